The largest absolute Gasteiger partial charge is 0.497 e. The molecular weight excluding hydrogens is 420 g/mol. The third-order valence-corrected chi connectivity index (χ3v) is 6.84. The van der Waals surface area contributed by atoms with Gasteiger partial charge in [0.2, 0.25) is 0 Å². The molecule has 1 amide bonds. The van der Waals surface area contributed by atoms with Crippen LogP contribution in [0.5, 0.6) is 5.75 Å². The first-order valence-corrected chi connectivity index (χ1v) is 11.5. The van der Waals surface area contributed by atoms with Crippen molar-refractivity contribution < 1.29 is 17.9 Å². The maximum atomic E-state index is 12.8. The molecule has 0 N–H and O–H groups in total. The molecule has 30 heavy (non-hydrogen) atoms. The summed E-state index contributed by atoms with van der Waals surface area (Å²) in [5, 5.41) is 0.110. The summed E-state index contributed by atoms with van der Waals surface area (Å²) in [5.41, 5.74) is 1.83. The van der Waals surface area contributed by atoms with Gasteiger partial charge in [0, 0.05) is 6.54 Å². The predicted octanol–water partition coefficient (Wildman–Crippen LogP) is 4.10. The molecule has 2 aromatic rings. The molecule has 0 radical (unpaired) electrons. The van der Waals surface area contributed by atoms with Crippen LogP contribution in [0, 0.1) is 0 Å². The van der Waals surface area contributed by atoms with Crippen molar-refractivity contribution in [1.82, 2.24) is 4.90 Å². The van der Waals surface area contributed by atoms with E-state index in [0.717, 1.165) is 29.3 Å². The number of thioether (sulfide) groups is 1. The number of amidine groups is 1. The highest BCUT2D eigenvalue weighted by Gasteiger charge is 2.34. The van der Waals surface area contributed by atoms with Gasteiger partial charge in [0.05, 0.1) is 16.9 Å². The molecule has 0 bridgehead atoms. The second kappa shape index (κ2) is 9.32. The molecule has 0 aliphatic carbocycles. The number of rotatable bonds is 7. The van der Waals surface area contributed by atoms with E-state index in [1.807, 2.05) is 19.1 Å². The Balaban J connectivity index is 1.94. The fourth-order valence-corrected chi connectivity index (χ4v) is 4.96. The van der Waals surface area contributed by atoms with E-state index in [4.69, 9.17) is 4.74 Å². The topological polar surface area (TPSA) is 76.0 Å². The lowest BCUT2D eigenvalue weighted by Gasteiger charge is -2.12. The van der Waals surface area contributed by atoms with Crippen LogP contribution in [0.4, 0.5) is 0 Å². The maximum absolute atomic E-state index is 12.8. The molecule has 2 aromatic carbocycles. The van der Waals surface area contributed by atoms with E-state index >= 15 is 0 Å². The Labute approximate surface area is 181 Å². The van der Waals surface area contributed by atoms with Gasteiger partial charge in [-0.2, -0.15) is 8.42 Å². The van der Waals surface area contributed by atoms with Crippen molar-refractivity contribution >= 4 is 38.9 Å². The van der Waals surface area contributed by atoms with E-state index < -0.39 is 10.0 Å². The van der Waals surface area contributed by atoms with E-state index in [1.54, 1.807) is 37.5 Å². The smallest absolute Gasteiger partial charge is 0.284 e. The van der Waals surface area contributed by atoms with Crippen molar-refractivity contribution in [3.05, 3.63) is 77.2 Å². The predicted molar refractivity (Wildman–Crippen MR) is 121 cm³/mol. The average molecular weight is 443 g/mol. The summed E-state index contributed by atoms with van der Waals surface area (Å²) in [6.45, 7) is 5.81. The summed E-state index contributed by atoms with van der Waals surface area (Å²) >= 11 is 1.03. The number of hydrogen-bond acceptors (Lipinski definition) is 5. The zero-order valence-corrected chi connectivity index (χ0v) is 18.4. The highest BCUT2D eigenvalue weighted by atomic mass is 32.2. The molecule has 0 saturated carbocycles. The lowest BCUT2D eigenvalue weighted by molar-refractivity contribution is -0.121. The summed E-state index contributed by atoms with van der Waals surface area (Å²) in [6, 6.07) is 13.8. The van der Waals surface area contributed by atoms with Crippen LogP contribution in [-0.2, 0) is 21.2 Å². The number of nitrogens with zero attached hydrogens (tertiary/aromatic N) is 2. The van der Waals surface area contributed by atoms with Crippen molar-refractivity contribution in [2.45, 2.75) is 18.2 Å². The van der Waals surface area contributed by atoms with Crippen LogP contribution in [0.3, 0.4) is 0 Å². The number of carbonyl (C=O) groups excluding carboxylic acids is 1. The Morgan fingerprint density at radius 3 is 2.37 bits per heavy atom. The number of aryl methyl sites for hydroxylation is 1. The second-order valence-corrected chi connectivity index (χ2v) is 9.05. The lowest BCUT2D eigenvalue weighted by atomic mass is 10.2. The first kappa shape index (κ1) is 21.9. The van der Waals surface area contributed by atoms with E-state index in [2.05, 4.69) is 11.0 Å². The number of ether oxygens (including phenoxy) is 1. The molecule has 0 aromatic heterocycles. The molecule has 3 rings (SSSR count). The standard InChI is InChI=1S/C22H22N2O4S2/c1-4-14-24-21(25)20(15-17-6-10-18(28-3)11-7-17)29-22(24)23-30(26,27)19-12-8-16(5-2)9-13-19/h4,6-13,15H,1,5,14H2,2-3H3/b20-15-,23-22-. The van der Waals surface area contributed by atoms with Gasteiger partial charge in [-0.3, -0.25) is 9.69 Å². The molecule has 156 valence electrons. The highest BCUT2D eigenvalue weighted by Crippen LogP contribution is 2.34. The van der Waals surface area contributed by atoms with Crippen LogP contribution < -0.4 is 4.74 Å². The Hall–Kier alpha value is -2.84. The van der Waals surface area contributed by atoms with Crippen molar-refractivity contribution in [1.29, 1.82) is 0 Å². The minimum absolute atomic E-state index is 0.0892. The van der Waals surface area contributed by atoms with Gasteiger partial charge in [-0.1, -0.05) is 37.3 Å². The van der Waals surface area contributed by atoms with Crippen LogP contribution in [0.1, 0.15) is 18.1 Å². The molecule has 1 fully saturated rings. The number of methoxy groups -OCH3 is 1. The first-order chi connectivity index (χ1) is 14.4. The average Bonchev–Trinajstić information content (AvgIpc) is 3.03. The number of sulfonamides is 1. The number of carbonyl (C=O) groups is 1. The van der Waals surface area contributed by atoms with Gasteiger partial charge in [0.1, 0.15) is 5.75 Å². The Morgan fingerprint density at radius 2 is 1.80 bits per heavy atom. The Morgan fingerprint density at radius 1 is 1.13 bits per heavy atom. The first-order valence-electron chi connectivity index (χ1n) is 9.28. The molecule has 0 unspecified atom stereocenters. The maximum Gasteiger partial charge on any atom is 0.284 e. The molecule has 0 atom stereocenters. The summed E-state index contributed by atoms with van der Waals surface area (Å²) < 4.78 is 34.7. The summed E-state index contributed by atoms with van der Waals surface area (Å²) in [5.74, 6) is 0.393. The SMILES string of the molecule is C=CCN1C(=O)/C(=C/c2ccc(OC)cc2)S/C1=N\S(=O)(=O)c1ccc(CC)cc1. The van der Waals surface area contributed by atoms with Crippen LogP contribution in [-0.4, -0.2) is 38.0 Å². The van der Waals surface area contributed by atoms with Crippen LogP contribution in [0.15, 0.2) is 75.4 Å². The van der Waals surface area contributed by atoms with Crippen LogP contribution in [0.2, 0.25) is 0 Å². The Kier molecular flexibility index (Phi) is 6.79. The zero-order chi connectivity index (χ0) is 21.7. The van der Waals surface area contributed by atoms with E-state index in [-0.39, 0.29) is 22.5 Å². The van der Waals surface area contributed by atoms with Gasteiger partial charge in [-0.25, -0.2) is 0 Å². The normalized spacial score (nSPS) is 17.0. The van der Waals surface area contributed by atoms with Crippen LogP contribution in [0.25, 0.3) is 6.08 Å². The molecule has 6 nitrogen and oxygen atoms in total. The van der Waals surface area contributed by atoms with Gasteiger partial charge >= 0.3 is 0 Å². The third-order valence-electron chi connectivity index (χ3n) is 4.44. The number of hydrogen-bond donors (Lipinski definition) is 0. The van der Waals surface area contributed by atoms with E-state index in [1.165, 1.54) is 23.1 Å². The van der Waals surface area contributed by atoms with Gasteiger partial charge in [0.15, 0.2) is 5.17 Å². The molecule has 1 saturated heterocycles. The van der Waals surface area contributed by atoms with Gasteiger partial charge in [0.25, 0.3) is 15.9 Å². The molecule has 1 aliphatic heterocycles. The fourth-order valence-electron chi connectivity index (χ4n) is 2.77. The second-order valence-electron chi connectivity index (χ2n) is 6.43. The summed E-state index contributed by atoms with van der Waals surface area (Å²) in [7, 11) is -2.37. The molecule has 8 heteroatoms. The summed E-state index contributed by atoms with van der Waals surface area (Å²) in [4.78, 5) is 14.6. The molecular formula is C22H22N2O4S2. The minimum atomic E-state index is -3.95. The van der Waals surface area contributed by atoms with Crippen molar-refractivity contribution in [3.8, 4) is 5.75 Å². The number of benzene rings is 2. The third kappa shape index (κ3) is 4.83. The molecule has 1 heterocycles. The number of amides is 1. The minimum Gasteiger partial charge on any atom is -0.497 e. The van der Waals surface area contributed by atoms with Crippen LogP contribution >= 0.6 is 11.8 Å². The van der Waals surface area contributed by atoms with E-state index in [9.17, 15) is 13.2 Å². The quantitative estimate of drug-likeness (QED) is 0.477. The van der Waals surface area contributed by atoms with Crippen molar-refractivity contribution in [3.63, 3.8) is 0 Å². The van der Waals surface area contributed by atoms with Gasteiger partial charge in [-0.05, 0) is 59.7 Å². The highest BCUT2D eigenvalue weighted by molar-refractivity contribution is 8.19. The fraction of sp³-hybridized carbons (Fsp3) is 0.182. The Bertz CT molecular complexity index is 1100. The van der Waals surface area contributed by atoms with Gasteiger partial charge < -0.3 is 4.74 Å². The monoisotopic (exact) mass is 442 g/mol. The molecule has 1 aliphatic rings. The van der Waals surface area contributed by atoms with Crippen molar-refractivity contribution in [2.75, 3.05) is 13.7 Å². The van der Waals surface area contributed by atoms with Gasteiger partial charge in [-0.15, -0.1) is 11.0 Å². The van der Waals surface area contributed by atoms with E-state index in [0.29, 0.717) is 10.7 Å². The van der Waals surface area contributed by atoms with Crippen molar-refractivity contribution in [2.24, 2.45) is 4.40 Å². The zero-order valence-electron chi connectivity index (χ0n) is 16.7. The lowest BCUT2D eigenvalue weighted by Crippen LogP contribution is -2.29. The molecule has 0 spiro atoms. The summed E-state index contributed by atoms with van der Waals surface area (Å²) in [6.07, 6.45) is 4.05.